The number of hydrogen-bond acceptors (Lipinski definition) is 2. The van der Waals surface area contributed by atoms with Crippen LogP contribution in [0.15, 0.2) is 0 Å². The molecule has 1 saturated heterocycles. The summed E-state index contributed by atoms with van der Waals surface area (Å²) < 4.78 is 5.52. The van der Waals surface area contributed by atoms with Crippen LogP contribution in [0.4, 0.5) is 0 Å². The molecule has 2 rings (SSSR count). The highest BCUT2D eigenvalue weighted by atomic mass is 16.5. The van der Waals surface area contributed by atoms with E-state index in [1.165, 1.54) is 51.5 Å². The van der Waals surface area contributed by atoms with Crippen LogP contribution in [0.2, 0.25) is 0 Å². The van der Waals surface area contributed by atoms with Crippen molar-refractivity contribution >= 4 is 0 Å². The molecule has 2 nitrogen and oxygen atoms in total. The fourth-order valence-electron chi connectivity index (χ4n) is 3.82. The molecule has 0 aromatic carbocycles. The Morgan fingerprint density at radius 2 is 1.88 bits per heavy atom. The van der Waals surface area contributed by atoms with E-state index in [-0.39, 0.29) is 0 Å². The van der Waals surface area contributed by atoms with Crippen molar-refractivity contribution in [1.29, 1.82) is 0 Å². The van der Waals surface area contributed by atoms with E-state index in [1.807, 2.05) is 0 Å². The van der Waals surface area contributed by atoms with Gasteiger partial charge in [0.2, 0.25) is 0 Å². The van der Waals surface area contributed by atoms with E-state index < -0.39 is 0 Å². The van der Waals surface area contributed by atoms with Crippen molar-refractivity contribution < 1.29 is 4.74 Å². The Kier molecular flexibility index (Phi) is 4.87. The van der Waals surface area contributed by atoms with Crippen molar-refractivity contribution in [3.63, 3.8) is 0 Å². The predicted molar refractivity (Wildman–Crippen MR) is 72.2 cm³/mol. The Morgan fingerprint density at radius 3 is 2.47 bits per heavy atom. The van der Waals surface area contributed by atoms with Crippen molar-refractivity contribution in [3.8, 4) is 0 Å². The van der Waals surface area contributed by atoms with Crippen LogP contribution in [-0.4, -0.2) is 25.8 Å². The molecule has 0 radical (unpaired) electrons. The summed E-state index contributed by atoms with van der Waals surface area (Å²) in [7, 11) is 0. The van der Waals surface area contributed by atoms with Gasteiger partial charge in [-0.25, -0.2) is 0 Å². The molecular weight excluding hydrogens is 210 g/mol. The zero-order valence-corrected chi connectivity index (χ0v) is 11.6. The first-order valence-corrected chi connectivity index (χ1v) is 7.57. The predicted octanol–water partition coefficient (Wildman–Crippen LogP) is 3.36. The van der Waals surface area contributed by atoms with Gasteiger partial charge in [-0.3, -0.25) is 0 Å². The van der Waals surface area contributed by atoms with E-state index in [9.17, 15) is 0 Å². The maximum Gasteiger partial charge on any atom is 0.0469 e. The van der Waals surface area contributed by atoms with Gasteiger partial charge in [-0.15, -0.1) is 0 Å². The molecule has 2 aliphatic rings. The number of hydrogen-bond donors (Lipinski definition) is 1. The van der Waals surface area contributed by atoms with Crippen molar-refractivity contribution in [1.82, 2.24) is 5.32 Å². The van der Waals surface area contributed by atoms with Crippen molar-refractivity contribution in [3.05, 3.63) is 0 Å². The largest absolute Gasteiger partial charge is 0.381 e. The summed E-state index contributed by atoms with van der Waals surface area (Å²) in [6.45, 7) is 7.92. The first kappa shape index (κ1) is 13.4. The van der Waals surface area contributed by atoms with Gasteiger partial charge in [0.05, 0.1) is 0 Å². The van der Waals surface area contributed by atoms with Gasteiger partial charge in [-0.05, 0) is 50.0 Å². The molecule has 1 atom stereocenters. The van der Waals surface area contributed by atoms with Crippen LogP contribution < -0.4 is 5.32 Å². The lowest BCUT2D eigenvalue weighted by Crippen LogP contribution is -2.49. The Balaban J connectivity index is 2.00. The van der Waals surface area contributed by atoms with Gasteiger partial charge < -0.3 is 10.1 Å². The first-order valence-electron chi connectivity index (χ1n) is 7.57. The standard InChI is InChI=1S/C15H29NO/c1-3-10-16-14(13-6-11-17-12-7-13)15(2)8-4-5-9-15/h13-14,16H,3-12H2,1-2H3. The molecule has 1 saturated carbocycles. The van der Waals surface area contributed by atoms with Crippen LogP contribution in [0.5, 0.6) is 0 Å². The van der Waals surface area contributed by atoms with E-state index in [4.69, 9.17) is 4.74 Å². The summed E-state index contributed by atoms with van der Waals surface area (Å²) in [5.41, 5.74) is 0.553. The highest BCUT2D eigenvalue weighted by molar-refractivity contribution is 4.95. The van der Waals surface area contributed by atoms with Gasteiger partial charge in [0, 0.05) is 19.3 Å². The molecule has 0 spiro atoms. The quantitative estimate of drug-likeness (QED) is 0.794. The molecule has 17 heavy (non-hydrogen) atoms. The zero-order valence-electron chi connectivity index (χ0n) is 11.6. The van der Waals surface area contributed by atoms with E-state index in [0.717, 1.165) is 25.2 Å². The Bertz CT molecular complexity index is 217. The third kappa shape index (κ3) is 3.23. The van der Waals surface area contributed by atoms with E-state index in [0.29, 0.717) is 5.41 Å². The molecule has 0 bridgehead atoms. The second-order valence-corrected chi connectivity index (χ2v) is 6.24. The van der Waals surface area contributed by atoms with Gasteiger partial charge in [-0.1, -0.05) is 26.7 Å². The lowest BCUT2D eigenvalue weighted by atomic mass is 9.72. The van der Waals surface area contributed by atoms with Gasteiger partial charge in [0.15, 0.2) is 0 Å². The maximum absolute atomic E-state index is 5.52. The van der Waals surface area contributed by atoms with Crippen molar-refractivity contribution in [2.75, 3.05) is 19.8 Å². The topological polar surface area (TPSA) is 21.3 Å². The zero-order chi connectivity index (χ0) is 12.1. The van der Waals surface area contributed by atoms with Gasteiger partial charge in [-0.2, -0.15) is 0 Å². The Labute approximate surface area is 107 Å². The second kappa shape index (κ2) is 6.19. The van der Waals surface area contributed by atoms with E-state index in [2.05, 4.69) is 19.2 Å². The summed E-state index contributed by atoms with van der Waals surface area (Å²) >= 11 is 0. The highest BCUT2D eigenvalue weighted by Gasteiger charge is 2.40. The average Bonchev–Trinajstić information content (AvgIpc) is 2.79. The monoisotopic (exact) mass is 239 g/mol. The summed E-state index contributed by atoms with van der Waals surface area (Å²) in [5.74, 6) is 0.846. The summed E-state index contributed by atoms with van der Waals surface area (Å²) in [4.78, 5) is 0. The SMILES string of the molecule is CCCNC(C1CCOCC1)C1(C)CCCC1. The molecule has 100 valence electrons. The molecule has 1 aliphatic carbocycles. The van der Waals surface area contributed by atoms with E-state index >= 15 is 0 Å². The van der Waals surface area contributed by atoms with Crippen LogP contribution in [0.25, 0.3) is 0 Å². The molecule has 0 aromatic rings. The third-order valence-electron chi connectivity index (χ3n) is 4.85. The lowest BCUT2D eigenvalue weighted by molar-refractivity contribution is 0.0289. The molecule has 1 aliphatic heterocycles. The van der Waals surface area contributed by atoms with E-state index in [1.54, 1.807) is 0 Å². The number of nitrogens with one attached hydrogen (secondary N) is 1. The number of rotatable bonds is 5. The smallest absolute Gasteiger partial charge is 0.0469 e. The minimum atomic E-state index is 0.553. The second-order valence-electron chi connectivity index (χ2n) is 6.24. The minimum absolute atomic E-state index is 0.553. The molecule has 2 heteroatoms. The van der Waals surface area contributed by atoms with Gasteiger partial charge in [0.25, 0.3) is 0 Å². The van der Waals surface area contributed by atoms with Crippen molar-refractivity contribution in [2.45, 2.75) is 64.8 Å². The maximum atomic E-state index is 5.52. The molecule has 1 heterocycles. The van der Waals surface area contributed by atoms with Crippen LogP contribution >= 0.6 is 0 Å². The van der Waals surface area contributed by atoms with Crippen LogP contribution in [0.1, 0.15) is 58.8 Å². The van der Waals surface area contributed by atoms with Crippen LogP contribution in [0, 0.1) is 11.3 Å². The third-order valence-corrected chi connectivity index (χ3v) is 4.85. The molecule has 1 N–H and O–H groups in total. The Morgan fingerprint density at radius 1 is 1.24 bits per heavy atom. The Hall–Kier alpha value is -0.0800. The summed E-state index contributed by atoms with van der Waals surface area (Å²) in [6, 6.07) is 0.730. The fourth-order valence-corrected chi connectivity index (χ4v) is 3.82. The van der Waals surface area contributed by atoms with Crippen LogP contribution in [-0.2, 0) is 4.74 Å². The molecule has 0 aromatic heterocycles. The molecule has 0 amide bonds. The average molecular weight is 239 g/mol. The fraction of sp³-hybridized carbons (Fsp3) is 1.00. The summed E-state index contributed by atoms with van der Waals surface area (Å²) in [6.07, 6.45) is 9.48. The molecule has 1 unspecified atom stereocenters. The molecule has 2 fully saturated rings. The minimum Gasteiger partial charge on any atom is -0.381 e. The normalized spacial score (nSPS) is 27.2. The number of ether oxygens (including phenoxy) is 1. The van der Waals surface area contributed by atoms with Crippen LogP contribution in [0.3, 0.4) is 0 Å². The van der Waals surface area contributed by atoms with Gasteiger partial charge in [0.1, 0.15) is 0 Å². The lowest BCUT2D eigenvalue weighted by Gasteiger charge is -2.42. The summed E-state index contributed by atoms with van der Waals surface area (Å²) in [5, 5.41) is 3.87. The molecular formula is C15H29NO. The van der Waals surface area contributed by atoms with Gasteiger partial charge >= 0.3 is 0 Å². The highest BCUT2D eigenvalue weighted by Crippen LogP contribution is 2.44. The van der Waals surface area contributed by atoms with Crippen molar-refractivity contribution in [2.24, 2.45) is 11.3 Å². The first-order chi connectivity index (χ1) is 8.26.